The highest BCUT2D eigenvalue weighted by Crippen LogP contribution is 2.48. The van der Waals surface area contributed by atoms with Gasteiger partial charge in [0.15, 0.2) is 4.96 Å². The van der Waals surface area contributed by atoms with Gasteiger partial charge in [0.05, 0.1) is 7.11 Å². The number of hydrogen-bond acceptors (Lipinski definition) is 4. The lowest BCUT2D eigenvalue weighted by atomic mass is 10.0. The topological polar surface area (TPSA) is 38.6 Å². The number of ether oxygens (including phenoxy) is 1. The van der Waals surface area contributed by atoms with E-state index in [2.05, 4.69) is 33.2 Å². The third kappa shape index (κ3) is 2.49. The molecule has 0 aliphatic heterocycles. The van der Waals surface area contributed by atoms with Gasteiger partial charge in [-0.3, -0.25) is 4.40 Å². The molecule has 2 aromatic rings. The standard InChI is InChI=1S/C14H21N3OS/c1-3-4-14(5-6-14)10-15-9-11-12(18-2)16-13-17(11)7-8-19-13/h7-8,15H,3-6,9-10H2,1-2H3. The number of methoxy groups -OCH3 is 1. The molecule has 104 valence electrons. The number of nitrogens with one attached hydrogen (secondary N) is 1. The van der Waals surface area contributed by atoms with Crippen LogP contribution >= 0.6 is 11.3 Å². The van der Waals surface area contributed by atoms with Crippen molar-refractivity contribution in [2.24, 2.45) is 5.41 Å². The van der Waals surface area contributed by atoms with Crippen LogP contribution in [0.2, 0.25) is 0 Å². The van der Waals surface area contributed by atoms with Crippen LogP contribution in [-0.4, -0.2) is 23.0 Å². The van der Waals surface area contributed by atoms with E-state index >= 15 is 0 Å². The number of aromatic nitrogens is 2. The summed E-state index contributed by atoms with van der Waals surface area (Å²) in [6.07, 6.45) is 7.45. The maximum atomic E-state index is 5.37. The van der Waals surface area contributed by atoms with E-state index in [-0.39, 0.29) is 0 Å². The van der Waals surface area contributed by atoms with Gasteiger partial charge in [0.1, 0.15) is 5.69 Å². The van der Waals surface area contributed by atoms with Gasteiger partial charge in [0, 0.05) is 24.7 Å². The molecule has 0 unspecified atom stereocenters. The minimum atomic E-state index is 0.584. The maximum Gasteiger partial charge on any atom is 0.237 e. The Morgan fingerprint density at radius 2 is 2.37 bits per heavy atom. The van der Waals surface area contributed by atoms with Gasteiger partial charge in [0.25, 0.3) is 0 Å². The number of rotatable bonds is 7. The van der Waals surface area contributed by atoms with Crippen LogP contribution in [-0.2, 0) is 6.54 Å². The summed E-state index contributed by atoms with van der Waals surface area (Å²) in [5.41, 5.74) is 1.71. The Morgan fingerprint density at radius 1 is 1.53 bits per heavy atom. The fourth-order valence-electron chi connectivity index (χ4n) is 2.81. The van der Waals surface area contributed by atoms with Gasteiger partial charge in [-0.25, -0.2) is 0 Å². The Morgan fingerprint density at radius 3 is 3.05 bits per heavy atom. The zero-order valence-corrected chi connectivity index (χ0v) is 12.4. The molecule has 4 nitrogen and oxygen atoms in total. The Kier molecular flexibility index (Phi) is 3.50. The van der Waals surface area contributed by atoms with Gasteiger partial charge < -0.3 is 10.1 Å². The Bertz CT molecular complexity index is 556. The summed E-state index contributed by atoms with van der Waals surface area (Å²) in [5.74, 6) is 0.750. The van der Waals surface area contributed by atoms with Crippen molar-refractivity contribution in [1.29, 1.82) is 0 Å². The molecule has 1 fully saturated rings. The second-order valence-corrected chi connectivity index (χ2v) is 6.35. The van der Waals surface area contributed by atoms with Crippen molar-refractivity contribution in [2.45, 2.75) is 39.2 Å². The maximum absolute atomic E-state index is 5.37. The van der Waals surface area contributed by atoms with E-state index in [0.717, 1.165) is 29.6 Å². The molecule has 3 rings (SSSR count). The zero-order chi connectivity index (χ0) is 13.3. The van der Waals surface area contributed by atoms with Crippen molar-refractivity contribution in [3.8, 4) is 5.88 Å². The summed E-state index contributed by atoms with van der Waals surface area (Å²) in [6, 6.07) is 0. The summed E-state index contributed by atoms with van der Waals surface area (Å²) in [7, 11) is 1.69. The predicted molar refractivity (Wildman–Crippen MR) is 77.9 cm³/mol. The lowest BCUT2D eigenvalue weighted by Crippen LogP contribution is -2.24. The van der Waals surface area contributed by atoms with Crippen LogP contribution in [0.5, 0.6) is 5.88 Å². The lowest BCUT2D eigenvalue weighted by Gasteiger charge is -2.14. The summed E-state index contributed by atoms with van der Waals surface area (Å²) < 4.78 is 7.49. The molecule has 0 radical (unpaired) electrons. The molecule has 0 saturated heterocycles. The van der Waals surface area contributed by atoms with E-state index < -0.39 is 0 Å². The zero-order valence-electron chi connectivity index (χ0n) is 11.6. The highest BCUT2D eigenvalue weighted by molar-refractivity contribution is 7.15. The molecule has 1 saturated carbocycles. The first-order valence-electron chi connectivity index (χ1n) is 6.97. The second-order valence-electron chi connectivity index (χ2n) is 5.48. The number of thiazole rings is 1. The minimum absolute atomic E-state index is 0.584. The van der Waals surface area contributed by atoms with E-state index in [1.807, 2.05) is 0 Å². The molecule has 19 heavy (non-hydrogen) atoms. The molecule has 2 heterocycles. The van der Waals surface area contributed by atoms with Crippen LogP contribution < -0.4 is 10.1 Å². The molecule has 1 N–H and O–H groups in total. The van der Waals surface area contributed by atoms with Gasteiger partial charge in [-0.15, -0.1) is 11.3 Å². The normalized spacial score (nSPS) is 16.9. The average molecular weight is 279 g/mol. The molecular formula is C14H21N3OS. The molecular weight excluding hydrogens is 258 g/mol. The van der Waals surface area contributed by atoms with E-state index in [0.29, 0.717) is 5.41 Å². The number of hydrogen-bond donors (Lipinski definition) is 1. The first-order valence-corrected chi connectivity index (χ1v) is 7.85. The summed E-state index contributed by atoms with van der Waals surface area (Å²) in [6.45, 7) is 4.21. The van der Waals surface area contributed by atoms with E-state index in [1.54, 1.807) is 18.4 Å². The Hall–Kier alpha value is -1.07. The van der Waals surface area contributed by atoms with Crippen LogP contribution in [0, 0.1) is 5.41 Å². The fourth-order valence-corrected chi connectivity index (χ4v) is 3.53. The molecule has 0 amide bonds. The Labute approximate surface area is 117 Å². The van der Waals surface area contributed by atoms with Crippen LogP contribution in [0.1, 0.15) is 38.3 Å². The van der Waals surface area contributed by atoms with Crippen molar-refractivity contribution in [2.75, 3.05) is 13.7 Å². The smallest absolute Gasteiger partial charge is 0.237 e. The van der Waals surface area contributed by atoms with E-state index in [1.165, 1.54) is 25.7 Å². The van der Waals surface area contributed by atoms with Crippen molar-refractivity contribution in [3.63, 3.8) is 0 Å². The van der Waals surface area contributed by atoms with Crippen molar-refractivity contribution >= 4 is 16.3 Å². The first-order chi connectivity index (χ1) is 9.28. The second kappa shape index (κ2) is 5.13. The molecule has 0 aromatic carbocycles. The van der Waals surface area contributed by atoms with Gasteiger partial charge in [-0.05, 0) is 24.7 Å². The summed E-state index contributed by atoms with van der Waals surface area (Å²) in [5, 5.41) is 5.66. The average Bonchev–Trinajstić information content (AvgIpc) is 2.87. The highest BCUT2D eigenvalue weighted by Gasteiger charge is 2.40. The van der Waals surface area contributed by atoms with Crippen LogP contribution in [0.25, 0.3) is 4.96 Å². The number of fused-ring (bicyclic) bond motifs is 1. The molecule has 1 aliphatic carbocycles. The van der Waals surface area contributed by atoms with Gasteiger partial charge >= 0.3 is 0 Å². The van der Waals surface area contributed by atoms with Gasteiger partial charge in [-0.2, -0.15) is 4.98 Å². The van der Waals surface area contributed by atoms with Crippen molar-refractivity contribution in [1.82, 2.24) is 14.7 Å². The van der Waals surface area contributed by atoms with Crippen molar-refractivity contribution < 1.29 is 4.74 Å². The predicted octanol–water partition coefficient (Wildman–Crippen LogP) is 3.07. The van der Waals surface area contributed by atoms with Crippen LogP contribution in [0.4, 0.5) is 0 Å². The van der Waals surface area contributed by atoms with E-state index in [4.69, 9.17) is 4.74 Å². The first kappa shape index (κ1) is 12.9. The lowest BCUT2D eigenvalue weighted by molar-refractivity contribution is 0.385. The largest absolute Gasteiger partial charge is 0.480 e. The monoisotopic (exact) mass is 279 g/mol. The fraction of sp³-hybridized carbons (Fsp3) is 0.643. The molecule has 0 atom stereocenters. The SMILES string of the molecule is CCCC1(CNCc2c(OC)nc3sccn23)CC1. The molecule has 2 aromatic heterocycles. The summed E-state index contributed by atoms with van der Waals surface area (Å²) >= 11 is 1.64. The quantitative estimate of drug-likeness (QED) is 0.846. The minimum Gasteiger partial charge on any atom is -0.480 e. The van der Waals surface area contributed by atoms with Crippen LogP contribution in [0.15, 0.2) is 11.6 Å². The summed E-state index contributed by atoms with van der Waals surface area (Å²) in [4.78, 5) is 5.48. The van der Waals surface area contributed by atoms with Crippen molar-refractivity contribution in [3.05, 3.63) is 17.3 Å². The third-order valence-corrected chi connectivity index (χ3v) is 4.80. The molecule has 5 heteroatoms. The van der Waals surface area contributed by atoms with Gasteiger partial charge in [-0.1, -0.05) is 13.3 Å². The third-order valence-electron chi connectivity index (χ3n) is 4.05. The van der Waals surface area contributed by atoms with E-state index in [9.17, 15) is 0 Å². The number of imidazole rings is 1. The Balaban J connectivity index is 1.66. The highest BCUT2D eigenvalue weighted by atomic mass is 32.1. The van der Waals surface area contributed by atoms with Crippen LogP contribution in [0.3, 0.4) is 0 Å². The number of nitrogens with zero attached hydrogens (tertiary/aromatic N) is 2. The molecule has 0 spiro atoms. The molecule has 1 aliphatic rings. The molecule has 0 bridgehead atoms. The van der Waals surface area contributed by atoms with Gasteiger partial charge in [0.2, 0.25) is 5.88 Å².